The summed E-state index contributed by atoms with van der Waals surface area (Å²) in [5.41, 5.74) is 2.12. The van der Waals surface area contributed by atoms with Crippen molar-refractivity contribution in [1.82, 2.24) is 9.55 Å². The number of aromatic nitrogens is 2. The number of benzene rings is 3. The van der Waals surface area contributed by atoms with Gasteiger partial charge in [0.1, 0.15) is 12.4 Å². The Morgan fingerprint density at radius 1 is 0.973 bits per heavy atom. The number of oxime groups is 1. The Morgan fingerprint density at radius 2 is 1.73 bits per heavy atom. The second-order valence-electron chi connectivity index (χ2n) is 8.01. The summed E-state index contributed by atoms with van der Waals surface area (Å²) >= 11 is 0. The molecule has 0 atom stereocenters. The summed E-state index contributed by atoms with van der Waals surface area (Å²) in [4.78, 5) is 35.1. The number of fused-ring (bicyclic) bond motifs is 1. The summed E-state index contributed by atoms with van der Waals surface area (Å²) in [5, 5.41) is 4.26. The number of carbonyl (C=O) groups excluding carboxylic acids is 1. The molecule has 0 saturated carbocycles. The summed E-state index contributed by atoms with van der Waals surface area (Å²) in [6.07, 6.45) is 1.87. The first-order valence-electron chi connectivity index (χ1n) is 11.6. The predicted molar refractivity (Wildman–Crippen MR) is 139 cm³/mol. The van der Waals surface area contributed by atoms with Crippen molar-refractivity contribution in [2.24, 2.45) is 5.16 Å². The molecule has 37 heavy (non-hydrogen) atoms. The number of carbonyl (C=O) groups is 1. The average Bonchev–Trinajstić information content (AvgIpc) is 2.93. The number of hydrogen-bond donors (Lipinski definition) is 0. The molecule has 0 bridgehead atoms. The SMILES string of the molecule is COc1ccc(Cc2nc3ccccc3c(=O)n2CCOC(=O)CON=Cc2ccccc2)cc1OC. The highest BCUT2D eigenvalue weighted by Crippen LogP contribution is 2.28. The molecule has 4 aromatic rings. The smallest absolute Gasteiger partial charge is 0.347 e. The molecule has 0 fully saturated rings. The molecule has 0 amide bonds. The van der Waals surface area contributed by atoms with Crippen LogP contribution in [-0.4, -0.2) is 49.2 Å². The maximum Gasteiger partial charge on any atom is 0.347 e. The zero-order valence-electron chi connectivity index (χ0n) is 20.6. The molecule has 0 spiro atoms. The van der Waals surface area contributed by atoms with Crippen molar-refractivity contribution in [1.29, 1.82) is 0 Å². The molecular weight excluding hydrogens is 474 g/mol. The largest absolute Gasteiger partial charge is 0.493 e. The maximum absolute atomic E-state index is 13.3. The standard InChI is InChI=1S/C28H27N3O6/c1-34-24-13-12-21(16-25(24)35-2)17-26-30-23-11-7-6-10-22(23)28(33)31(26)14-15-36-27(32)19-37-29-18-20-8-4-3-5-9-20/h3-13,16,18H,14-15,17,19H2,1-2H3. The first-order valence-corrected chi connectivity index (χ1v) is 11.6. The highest BCUT2D eigenvalue weighted by atomic mass is 16.6. The van der Waals surface area contributed by atoms with Crippen LogP contribution in [0.4, 0.5) is 0 Å². The van der Waals surface area contributed by atoms with E-state index in [1.54, 1.807) is 38.5 Å². The van der Waals surface area contributed by atoms with Gasteiger partial charge in [0.25, 0.3) is 5.56 Å². The minimum absolute atomic E-state index is 0.0244. The topological polar surface area (TPSA) is 101 Å². The summed E-state index contributed by atoms with van der Waals surface area (Å²) in [7, 11) is 3.14. The van der Waals surface area contributed by atoms with Crippen molar-refractivity contribution in [3.63, 3.8) is 0 Å². The van der Waals surface area contributed by atoms with Crippen molar-refractivity contribution in [2.45, 2.75) is 13.0 Å². The molecule has 1 aromatic heterocycles. The number of methoxy groups -OCH3 is 2. The lowest BCUT2D eigenvalue weighted by atomic mass is 10.1. The summed E-state index contributed by atoms with van der Waals surface area (Å²) < 4.78 is 17.5. The van der Waals surface area contributed by atoms with E-state index in [4.69, 9.17) is 24.0 Å². The third-order valence-electron chi connectivity index (χ3n) is 5.59. The van der Waals surface area contributed by atoms with E-state index in [1.165, 1.54) is 10.8 Å². The average molecular weight is 502 g/mol. The van der Waals surface area contributed by atoms with Crippen molar-refractivity contribution in [3.05, 3.63) is 100 Å². The summed E-state index contributed by atoms with van der Waals surface area (Å²) in [6.45, 7) is -0.228. The molecule has 190 valence electrons. The van der Waals surface area contributed by atoms with E-state index in [0.717, 1.165) is 11.1 Å². The van der Waals surface area contributed by atoms with Gasteiger partial charge in [-0.1, -0.05) is 53.7 Å². The predicted octanol–water partition coefficient (Wildman–Crippen LogP) is 3.60. The van der Waals surface area contributed by atoms with Crippen LogP contribution in [0.1, 0.15) is 17.0 Å². The van der Waals surface area contributed by atoms with Gasteiger partial charge in [-0.3, -0.25) is 9.36 Å². The van der Waals surface area contributed by atoms with E-state index in [9.17, 15) is 9.59 Å². The minimum atomic E-state index is -0.589. The molecule has 0 N–H and O–H groups in total. The van der Waals surface area contributed by atoms with Gasteiger partial charge in [-0.25, -0.2) is 9.78 Å². The normalized spacial score (nSPS) is 11.0. The van der Waals surface area contributed by atoms with Gasteiger partial charge >= 0.3 is 5.97 Å². The van der Waals surface area contributed by atoms with Gasteiger partial charge in [0.15, 0.2) is 11.5 Å². The van der Waals surface area contributed by atoms with E-state index < -0.39 is 5.97 Å². The van der Waals surface area contributed by atoms with Gasteiger partial charge in [0.2, 0.25) is 6.61 Å². The molecule has 1 heterocycles. The maximum atomic E-state index is 13.3. The number of para-hydroxylation sites is 1. The Hall–Kier alpha value is -4.66. The van der Waals surface area contributed by atoms with Crippen LogP contribution in [0.15, 0.2) is 82.7 Å². The molecular formula is C28H27N3O6. The van der Waals surface area contributed by atoms with E-state index in [0.29, 0.717) is 34.6 Å². The molecule has 0 aliphatic heterocycles. The third kappa shape index (κ3) is 6.52. The molecule has 0 radical (unpaired) electrons. The van der Waals surface area contributed by atoms with E-state index in [2.05, 4.69) is 5.16 Å². The fraction of sp³-hybridized carbons (Fsp3) is 0.214. The van der Waals surface area contributed by atoms with E-state index in [1.807, 2.05) is 48.5 Å². The van der Waals surface area contributed by atoms with Gasteiger partial charge in [0, 0.05) is 6.42 Å². The quantitative estimate of drug-likeness (QED) is 0.176. The van der Waals surface area contributed by atoms with Gasteiger partial charge in [-0.2, -0.15) is 0 Å². The molecule has 0 saturated heterocycles. The molecule has 0 aliphatic carbocycles. The van der Waals surface area contributed by atoms with Crippen molar-refractivity contribution in [2.75, 3.05) is 27.4 Å². The van der Waals surface area contributed by atoms with E-state index >= 15 is 0 Å². The van der Waals surface area contributed by atoms with Crippen LogP contribution in [0.25, 0.3) is 10.9 Å². The minimum Gasteiger partial charge on any atom is -0.493 e. The Labute approximate surface area is 213 Å². The molecule has 9 nitrogen and oxygen atoms in total. The summed E-state index contributed by atoms with van der Waals surface area (Å²) in [6, 6.07) is 22.1. The van der Waals surface area contributed by atoms with Crippen LogP contribution in [-0.2, 0) is 27.3 Å². The Balaban J connectivity index is 1.45. The van der Waals surface area contributed by atoms with Gasteiger partial charge in [-0.15, -0.1) is 0 Å². The lowest BCUT2D eigenvalue weighted by Crippen LogP contribution is -2.28. The lowest BCUT2D eigenvalue weighted by Gasteiger charge is -2.15. The van der Waals surface area contributed by atoms with Crippen molar-refractivity contribution < 1.29 is 23.8 Å². The van der Waals surface area contributed by atoms with Crippen LogP contribution in [0.5, 0.6) is 11.5 Å². The molecule has 4 rings (SSSR count). The molecule has 9 heteroatoms. The first-order chi connectivity index (χ1) is 18.1. The highest BCUT2D eigenvalue weighted by molar-refractivity contribution is 5.79. The number of hydrogen-bond acceptors (Lipinski definition) is 8. The van der Waals surface area contributed by atoms with Crippen LogP contribution < -0.4 is 15.0 Å². The second kappa shape index (κ2) is 12.3. The second-order valence-corrected chi connectivity index (χ2v) is 8.01. The monoisotopic (exact) mass is 501 g/mol. The highest BCUT2D eigenvalue weighted by Gasteiger charge is 2.14. The van der Waals surface area contributed by atoms with Gasteiger partial charge in [-0.05, 0) is 35.4 Å². The fourth-order valence-corrected chi connectivity index (χ4v) is 3.77. The number of rotatable bonds is 11. The van der Waals surface area contributed by atoms with Crippen LogP contribution in [0, 0.1) is 0 Å². The van der Waals surface area contributed by atoms with Crippen molar-refractivity contribution >= 4 is 23.1 Å². The number of esters is 1. The van der Waals surface area contributed by atoms with Gasteiger partial charge < -0.3 is 19.0 Å². The molecule has 0 aliphatic rings. The van der Waals surface area contributed by atoms with Crippen LogP contribution in [0.2, 0.25) is 0 Å². The molecule has 3 aromatic carbocycles. The number of nitrogens with zero attached hydrogens (tertiary/aromatic N) is 3. The zero-order valence-corrected chi connectivity index (χ0v) is 20.6. The van der Waals surface area contributed by atoms with Crippen LogP contribution >= 0.6 is 0 Å². The van der Waals surface area contributed by atoms with E-state index in [-0.39, 0.29) is 25.3 Å². The Bertz CT molecular complexity index is 1450. The zero-order chi connectivity index (χ0) is 26.0. The summed E-state index contributed by atoms with van der Waals surface area (Å²) in [5.74, 6) is 1.14. The third-order valence-corrected chi connectivity index (χ3v) is 5.59. The Morgan fingerprint density at radius 3 is 2.51 bits per heavy atom. The lowest BCUT2D eigenvalue weighted by molar-refractivity contribution is -0.149. The molecule has 0 unspecified atom stereocenters. The number of ether oxygens (including phenoxy) is 3. The van der Waals surface area contributed by atoms with Crippen molar-refractivity contribution in [3.8, 4) is 11.5 Å². The van der Waals surface area contributed by atoms with Gasteiger partial charge in [0.05, 0.1) is 37.9 Å². The fourth-order valence-electron chi connectivity index (χ4n) is 3.77. The van der Waals surface area contributed by atoms with Crippen LogP contribution in [0.3, 0.4) is 0 Å². The first kappa shape index (κ1) is 25.4. The Kier molecular flexibility index (Phi) is 8.49.